The normalized spacial score (nSPS) is 17.1. The summed E-state index contributed by atoms with van der Waals surface area (Å²) < 4.78 is 38.8. The Balaban J connectivity index is 1.49. The second-order valence-corrected chi connectivity index (χ2v) is 11.7. The molecule has 1 aliphatic heterocycles. The first kappa shape index (κ1) is 24.4. The van der Waals surface area contributed by atoms with Crippen molar-refractivity contribution >= 4 is 33.0 Å². The lowest BCUT2D eigenvalue weighted by atomic mass is 9.99. The molecule has 0 spiro atoms. The largest absolute Gasteiger partial charge is 0.497 e. The minimum absolute atomic E-state index is 0.0832. The number of nitrogens with zero attached hydrogens (tertiary/aromatic N) is 3. The molecule has 0 bridgehead atoms. The van der Waals surface area contributed by atoms with Gasteiger partial charge in [-0.25, -0.2) is 8.42 Å². The van der Waals surface area contributed by atoms with E-state index in [1.165, 1.54) is 15.6 Å². The van der Waals surface area contributed by atoms with Crippen LogP contribution in [0.25, 0.3) is 10.7 Å². The number of aromatic nitrogens is 2. The van der Waals surface area contributed by atoms with Crippen molar-refractivity contribution in [2.24, 2.45) is 5.92 Å². The van der Waals surface area contributed by atoms with Gasteiger partial charge in [0.2, 0.25) is 27.6 Å². The summed E-state index contributed by atoms with van der Waals surface area (Å²) in [7, 11) is -2.20. The second-order valence-electron chi connectivity index (χ2n) is 8.56. The van der Waals surface area contributed by atoms with Crippen LogP contribution >= 0.6 is 11.3 Å². The molecule has 3 heterocycles. The lowest BCUT2D eigenvalue weighted by Crippen LogP contribution is -2.43. The number of methoxy groups -OCH3 is 1. The van der Waals surface area contributed by atoms with Gasteiger partial charge in [-0.3, -0.25) is 4.79 Å². The average molecular weight is 505 g/mol. The molecule has 0 aliphatic carbocycles. The molecule has 1 amide bonds. The molecule has 34 heavy (non-hydrogen) atoms. The summed E-state index contributed by atoms with van der Waals surface area (Å²) >= 11 is 1.31. The predicted octanol–water partition coefficient (Wildman–Crippen LogP) is 4.28. The van der Waals surface area contributed by atoms with Crippen molar-refractivity contribution in [3.63, 3.8) is 0 Å². The van der Waals surface area contributed by atoms with E-state index < -0.39 is 15.9 Å². The van der Waals surface area contributed by atoms with Crippen LogP contribution in [-0.4, -0.2) is 49.0 Å². The van der Waals surface area contributed by atoms with E-state index in [2.05, 4.69) is 15.5 Å². The van der Waals surface area contributed by atoms with E-state index >= 15 is 0 Å². The molecule has 0 radical (unpaired) electrons. The van der Waals surface area contributed by atoms with Gasteiger partial charge in [0.25, 0.3) is 0 Å². The number of anilines is 1. The highest BCUT2D eigenvalue weighted by atomic mass is 32.2. The topological polar surface area (TPSA) is 115 Å². The van der Waals surface area contributed by atoms with Gasteiger partial charge in [-0.05, 0) is 50.1 Å². The van der Waals surface area contributed by atoms with Crippen molar-refractivity contribution in [2.75, 3.05) is 25.5 Å². The Kier molecular flexibility index (Phi) is 7.06. The minimum atomic E-state index is -3.78. The van der Waals surface area contributed by atoms with Crippen LogP contribution in [0, 0.1) is 12.8 Å². The van der Waals surface area contributed by atoms with Gasteiger partial charge in [-0.15, -0.1) is 11.3 Å². The molecule has 4 rings (SSSR count). The molecule has 1 atom stereocenters. The number of ether oxygens (including phenoxy) is 1. The lowest BCUT2D eigenvalue weighted by molar-refractivity contribution is -0.120. The van der Waals surface area contributed by atoms with E-state index in [1.54, 1.807) is 44.4 Å². The average Bonchev–Trinajstić information content (AvgIpc) is 3.47. The Hall–Kier alpha value is -2.76. The van der Waals surface area contributed by atoms with E-state index in [9.17, 15) is 13.2 Å². The highest BCUT2D eigenvalue weighted by molar-refractivity contribution is 7.89. The highest BCUT2D eigenvalue weighted by Gasteiger charge is 2.35. The van der Waals surface area contributed by atoms with E-state index in [-0.39, 0.29) is 23.3 Å². The third-order valence-corrected chi connectivity index (χ3v) is 8.93. The second kappa shape index (κ2) is 9.85. The monoisotopic (exact) mass is 504 g/mol. The fourth-order valence-corrected chi connectivity index (χ4v) is 6.84. The minimum Gasteiger partial charge on any atom is -0.497 e. The zero-order valence-corrected chi connectivity index (χ0v) is 21.2. The van der Waals surface area contributed by atoms with Gasteiger partial charge >= 0.3 is 0 Å². The fourth-order valence-electron chi connectivity index (χ4n) is 3.83. The molecule has 0 saturated carbocycles. The van der Waals surface area contributed by atoms with Gasteiger partial charge in [0, 0.05) is 29.6 Å². The van der Waals surface area contributed by atoms with Crippen molar-refractivity contribution in [2.45, 2.75) is 44.4 Å². The third kappa shape index (κ3) is 5.01. The molecule has 1 aromatic carbocycles. The number of benzene rings is 1. The van der Waals surface area contributed by atoms with Crippen LogP contribution in [-0.2, 0) is 14.8 Å². The number of nitrogens with one attached hydrogen (secondary N) is 1. The molecule has 1 N–H and O–H groups in total. The Morgan fingerprint density at radius 1 is 1.29 bits per heavy atom. The quantitative estimate of drug-likeness (QED) is 0.511. The lowest BCUT2D eigenvalue weighted by Gasteiger charge is -2.31. The van der Waals surface area contributed by atoms with E-state index in [4.69, 9.17) is 9.26 Å². The zero-order valence-electron chi connectivity index (χ0n) is 19.6. The first-order valence-corrected chi connectivity index (χ1v) is 13.3. The Morgan fingerprint density at radius 2 is 2.03 bits per heavy atom. The van der Waals surface area contributed by atoms with Crippen LogP contribution in [0.15, 0.2) is 39.8 Å². The number of amides is 1. The first-order valence-electron chi connectivity index (χ1n) is 11.1. The summed E-state index contributed by atoms with van der Waals surface area (Å²) in [6.45, 7) is 6.17. The maximum atomic E-state index is 13.5. The van der Waals surface area contributed by atoms with Crippen molar-refractivity contribution in [3.8, 4) is 16.5 Å². The number of thiophene rings is 1. The van der Waals surface area contributed by atoms with E-state index in [0.717, 1.165) is 0 Å². The number of hydrogen-bond donors (Lipinski definition) is 1. The summed E-state index contributed by atoms with van der Waals surface area (Å²) in [6.07, 6.45) is 1.24. The number of carbonyl (C=O) groups is 1. The van der Waals surface area contributed by atoms with Crippen LogP contribution in [0.1, 0.15) is 43.4 Å². The van der Waals surface area contributed by atoms with Crippen molar-refractivity contribution in [1.82, 2.24) is 14.4 Å². The fraction of sp³-hybridized carbons (Fsp3) is 0.435. The molecule has 2 aromatic heterocycles. The number of rotatable bonds is 7. The van der Waals surface area contributed by atoms with Gasteiger partial charge in [-0.1, -0.05) is 19.0 Å². The van der Waals surface area contributed by atoms with Crippen molar-refractivity contribution in [3.05, 3.63) is 41.1 Å². The molecule has 182 valence electrons. The molecule has 1 unspecified atom stereocenters. The van der Waals surface area contributed by atoms with Crippen molar-refractivity contribution < 1.29 is 22.5 Å². The maximum absolute atomic E-state index is 13.5. The number of piperidine rings is 1. The molecular weight excluding hydrogens is 476 g/mol. The Bertz CT molecular complexity index is 1260. The number of hydrogen-bond acceptors (Lipinski definition) is 8. The van der Waals surface area contributed by atoms with Gasteiger partial charge < -0.3 is 14.6 Å². The Morgan fingerprint density at radius 3 is 2.68 bits per heavy atom. The first-order chi connectivity index (χ1) is 16.2. The van der Waals surface area contributed by atoms with Crippen LogP contribution < -0.4 is 10.1 Å². The van der Waals surface area contributed by atoms with Crippen LogP contribution in [0.2, 0.25) is 0 Å². The smallest absolute Gasteiger partial charge is 0.244 e. The predicted molar refractivity (Wildman–Crippen MR) is 130 cm³/mol. The van der Waals surface area contributed by atoms with Crippen LogP contribution in [0.4, 0.5) is 5.69 Å². The summed E-state index contributed by atoms with van der Waals surface area (Å²) in [5, 5.41) is 6.88. The third-order valence-electron chi connectivity index (χ3n) is 5.76. The molecule has 1 saturated heterocycles. The number of sulfonamides is 1. The highest BCUT2D eigenvalue weighted by Crippen LogP contribution is 2.35. The Labute approximate surface area is 203 Å². The number of aryl methyl sites for hydroxylation is 1. The zero-order chi connectivity index (χ0) is 24.5. The standard InChI is InChI=1S/C23H28N4O5S2/c1-14(2)23-25-21(26-32-23)19-12-20(15(3)33-19)34(29,30)27-11-5-6-16(13-27)22(28)24-17-7-9-18(31-4)10-8-17/h7-10,12,14,16H,5-6,11,13H2,1-4H3,(H,24,28). The SMILES string of the molecule is COc1ccc(NC(=O)C2CCCN(S(=O)(=O)c3cc(-c4noc(C(C)C)n4)sc3C)C2)cc1. The van der Waals surface area contributed by atoms with Crippen LogP contribution in [0.3, 0.4) is 0 Å². The summed E-state index contributed by atoms with van der Waals surface area (Å²) in [5.41, 5.74) is 0.644. The van der Waals surface area contributed by atoms with Gasteiger partial charge in [0.15, 0.2) is 0 Å². The van der Waals surface area contributed by atoms with Gasteiger partial charge in [0.1, 0.15) is 5.75 Å². The summed E-state index contributed by atoms with van der Waals surface area (Å²) in [6, 6.07) is 8.64. The molecular formula is C23H28N4O5S2. The number of carbonyl (C=O) groups excluding carboxylic acids is 1. The van der Waals surface area contributed by atoms with E-state index in [1.807, 2.05) is 13.8 Å². The van der Waals surface area contributed by atoms with E-state index in [0.29, 0.717) is 52.3 Å². The molecule has 1 fully saturated rings. The molecule has 9 nitrogen and oxygen atoms in total. The molecule has 1 aliphatic rings. The summed E-state index contributed by atoms with van der Waals surface area (Å²) in [5.74, 6) is 1.04. The maximum Gasteiger partial charge on any atom is 0.244 e. The van der Waals surface area contributed by atoms with Crippen molar-refractivity contribution in [1.29, 1.82) is 0 Å². The molecule has 11 heteroatoms. The van der Waals surface area contributed by atoms with Crippen LogP contribution in [0.5, 0.6) is 5.75 Å². The van der Waals surface area contributed by atoms with Gasteiger partial charge in [-0.2, -0.15) is 9.29 Å². The molecule has 3 aromatic rings. The summed E-state index contributed by atoms with van der Waals surface area (Å²) in [4.78, 5) is 18.7. The van der Waals surface area contributed by atoms with Gasteiger partial charge in [0.05, 0.1) is 22.8 Å².